The second kappa shape index (κ2) is 5.28. The number of amides is 1. The minimum absolute atomic E-state index is 0.0297. The summed E-state index contributed by atoms with van der Waals surface area (Å²) < 4.78 is 1.35. The first-order chi connectivity index (χ1) is 11.2. The van der Waals surface area contributed by atoms with Gasteiger partial charge in [0.1, 0.15) is 12.9 Å². The molecule has 3 heterocycles. The number of fused-ring (bicyclic) bond motifs is 2. The van der Waals surface area contributed by atoms with Crippen LogP contribution >= 0.6 is 0 Å². The predicted octanol–water partition coefficient (Wildman–Crippen LogP) is 0.729. The van der Waals surface area contributed by atoms with Gasteiger partial charge in [0.15, 0.2) is 0 Å². The van der Waals surface area contributed by atoms with E-state index in [9.17, 15) is 9.59 Å². The van der Waals surface area contributed by atoms with Gasteiger partial charge in [-0.25, -0.2) is 15.0 Å². The summed E-state index contributed by atoms with van der Waals surface area (Å²) in [6.07, 6.45) is 4.62. The lowest BCUT2D eigenvalue weighted by molar-refractivity contribution is -0.132. The number of hydrogen-bond donors (Lipinski definition) is 0. The van der Waals surface area contributed by atoms with Gasteiger partial charge in [-0.1, -0.05) is 12.1 Å². The number of carbonyl (C=O) groups is 1. The Hall–Kier alpha value is -3.09. The van der Waals surface area contributed by atoms with E-state index in [1.165, 1.54) is 17.2 Å². The molecule has 0 saturated carbocycles. The number of nitrogens with zero attached hydrogens (tertiary/aromatic N) is 5. The zero-order valence-electron chi connectivity index (χ0n) is 12.2. The second-order valence-corrected chi connectivity index (χ2v) is 5.44. The molecule has 0 aliphatic carbocycles. The summed E-state index contributed by atoms with van der Waals surface area (Å²) in [4.78, 5) is 38.9. The van der Waals surface area contributed by atoms with E-state index in [1.54, 1.807) is 29.3 Å². The number of rotatable bonds is 2. The normalized spacial score (nSPS) is 13.3. The van der Waals surface area contributed by atoms with E-state index in [-0.39, 0.29) is 18.0 Å². The van der Waals surface area contributed by atoms with Crippen LogP contribution in [0.4, 0.5) is 0 Å². The van der Waals surface area contributed by atoms with Gasteiger partial charge >= 0.3 is 0 Å². The standard InChI is InChI=1S/C16H13N5O2/c22-15(20-6-11-5-17-9-18-14(11)7-20)8-21-10-19-13-4-2-1-3-12(13)16(21)23/h1-5,9-10H,6-8H2. The summed E-state index contributed by atoms with van der Waals surface area (Å²) in [6.45, 7) is 0.898. The molecule has 1 aliphatic rings. The van der Waals surface area contributed by atoms with Gasteiger partial charge in [0.2, 0.25) is 5.91 Å². The van der Waals surface area contributed by atoms with Crippen molar-refractivity contribution in [3.63, 3.8) is 0 Å². The first-order valence-electron chi connectivity index (χ1n) is 7.22. The second-order valence-electron chi connectivity index (χ2n) is 5.44. The van der Waals surface area contributed by atoms with Crippen LogP contribution in [-0.4, -0.2) is 30.3 Å². The van der Waals surface area contributed by atoms with Crippen LogP contribution in [0.2, 0.25) is 0 Å². The molecule has 7 heteroatoms. The molecular weight excluding hydrogens is 294 g/mol. The minimum atomic E-state index is -0.208. The quantitative estimate of drug-likeness (QED) is 0.697. The molecule has 0 N–H and O–H groups in total. The molecule has 4 rings (SSSR count). The van der Waals surface area contributed by atoms with E-state index < -0.39 is 0 Å². The Balaban J connectivity index is 1.58. The summed E-state index contributed by atoms with van der Waals surface area (Å²) >= 11 is 0. The van der Waals surface area contributed by atoms with Gasteiger partial charge in [-0.05, 0) is 12.1 Å². The van der Waals surface area contributed by atoms with Gasteiger partial charge in [0.05, 0.1) is 29.5 Å². The van der Waals surface area contributed by atoms with Crippen LogP contribution < -0.4 is 5.56 Å². The highest BCUT2D eigenvalue weighted by Gasteiger charge is 2.24. The van der Waals surface area contributed by atoms with Crippen LogP contribution in [0.1, 0.15) is 11.3 Å². The third kappa shape index (κ3) is 2.36. The van der Waals surface area contributed by atoms with E-state index >= 15 is 0 Å². The van der Waals surface area contributed by atoms with Crippen LogP contribution in [0.3, 0.4) is 0 Å². The minimum Gasteiger partial charge on any atom is -0.331 e. The Morgan fingerprint density at radius 3 is 2.91 bits per heavy atom. The van der Waals surface area contributed by atoms with Crippen molar-refractivity contribution in [3.8, 4) is 0 Å². The van der Waals surface area contributed by atoms with Gasteiger partial charge in [-0.3, -0.25) is 14.2 Å². The number of benzene rings is 1. The molecule has 1 aliphatic heterocycles. The lowest BCUT2D eigenvalue weighted by Gasteiger charge is -2.15. The molecule has 114 valence electrons. The summed E-state index contributed by atoms with van der Waals surface area (Å²) in [6, 6.07) is 7.10. The highest BCUT2D eigenvalue weighted by molar-refractivity contribution is 5.79. The number of carbonyl (C=O) groups excluding carboxylic acids is 1. The van der Waals surface area contributed by atoms with Crippen LogP contribution in [0.25, 0.3) is 10.9 Å². The Bertz CT molecular complexity index is 941. The summed E-state index contributed by atoms with van der Waals surface area (Å²) in [5.41, 5.74) is 2.23. The lowest BCUT2D eigenvalue weighted by atomic mass is 10.2. The molecule has 2 aromatic heterocycles. The van der Waals surface area contributed by atoms with Gasteiger partial charge < -0.3 is 4.90 Å². The van der Waals surface area contributed by atoms with Crippen molar-refractivity contribution in [2.75, 3.05) is 0 Å². The van der Waals surface area contributed by atoms with Crippen molar-refractivity contribution in [1.29, 1.82) is 0 Å². The fraction of sp³-hybridized carbons (Fsp3) is 0.188. The lowest BCUT2D eigenvalue weighted by Crippen LogP contribution is -2.33. The zero-order chi connectivity index (χ0) is 15.8. The average molecular weight is 307 g/mol. The Kier molecular flexibility index (Phi) is 3.11. The van der Waals surface area contributed by atoms with Gasteiger partial charge in [0, 0.05) is 18.3 Å². The summed E-state index contributed by atoms with van der Waals surface area (Å²) in [5, 5.41) is 0.512. The molecule has 7 nitrogen and oxygen atoms in total. The Labute approximate surface area is 131 Å². The third-order valence-corrected chi connectivity index (χ3v) is 3.97. The highest BCUT2D eigenvalue weighted by atomic mass is 16.2. The van der Waals surface area contributed by atoms with E-state index in [0.717, 1.165) is 11.3 Å². The fourth-order valence-electron chi connectivity index (χ4n) is 2.74. The number of hydrogen-bond acceptors (Lipinski definition) is 5. The van der Waals surface area contributed by atoms with Gasteiger partial charge in [0.25, 0.3) is 5.56 Å². The monoisotopic (exact) mass is 307 g/mol. The Morgan fingerprint density at radius 1 is 1.17 bits per heavy atom. The van der Waals surface area contributed by atoms with Crippen molar-refractivity contribution < 1.29 is 4.79 Å². The molecule has 0 fully saturated rings. The van der Waals surface area contributed by atoms with Gasteiger partial charge in [-0.2, -0.15) is 0 Å². The van der Waals surface area contributed by atoms with Gasteiger partial charge in [-0.15, -0.1) is 0 Å². The third-order valence-electron chi connectivity index (χ3n) is 3.97. The van der Waals surface area contributed by atoms with Crippen LogP contribution in [0.15, 0.2) is 47.9 Å². The molecule has 0 saturated heterocycles. The smallest absolute Gasteiger partial charge is 0.261 e. The van der Waals surface area contributed by atoms with E-state index in [0.29, 0.717) is 24.0 Å². The maximum absolute atomic E-state index is 12.5. The van der Waals surface area contributed by atoms with Crippen molar-refractivity contribution in [3.05, 3.63) is 64.7 Å². The maximum atomic E-state index is 12.5. The van der Waals surface area contributed by atoms with E-state index in [4.69, 9.17) is 0 Å². The molecule has 1 amide bonds. The molecule has 0 atom stereocenters. The molecule has 0 bridgehead atoms. The molecule has 0 unspecified atom stereocenters. The fourth-order valence-corrected chi connectivity index (χ4v) is 2.74. The zero-order valence-corrected chi connectivity index (χ0v) is 12.2. The highest BCUT2D eigenvalue weighted by Crippen LogP contribution is 2.19. The summed E-state index contributed by atoms with van der Waals surface area (Å²) in [5.74, 6) is -0.137. The maximum Gasteiger partial charge on any atom is 0.261 e. The number of aromatic nitrogens is 4. The molecule has 0 radical (unpaired) electrons. The summed E-state index contributed by atoms with van der Waals surface area (Å²) in [7, 11) is 0. The van der Waals surface area contributed by atoms with Crippen molar-refractivity contribution >= 4 is 16.8 Å². The first-order valence-corrected chi connectivity index (χ1v) is 7.22. The van der Waals surface area contributed by atoms with Crippen LogP contribution in [-0.2, 0) is 24.4 Å². The molecule has 3 aromatic rings. The van der Waals surface area contributed by atoms with Crippen molar-refractivity contribution in [1.82, 2.24) is 24.4 Å². The van der Waals surface area contributed by atoms with Crippen LogP contribution in [0.5, 0.6) is 0 Å². The van der Waals surface area contributed by atoms with E-state index in [2.05, 4.69) is 15.0 Å². The predicted molar refractivity (Wildman–Crippen MR) is 82.3 cm³/mol. The van der Waals surface area contributed by atoms with Crippen molar-refractivity contribution in [2.45, 2.75) is 19.6 Å². The largest absolute Gasteiger partial charge is 0.331 e. The van der Waals surface area contributed by atoms with Crippen molar-refractivity contribution in [2.24, 2.45) is 0 Å². The number of para-hydroxylation sites is 1. The average Bonchev–Trinajstić information content (AvgIpc) is 3.02. The topological polar surface area (TPSA) is 81.0 Å². The Morgan fingerprint density at radius 2 is 2.04 bits per heavy atom. The molecule has 1 aromatic carbocycles. The van der Waals surface area contributed by atoms with E-state index in [1.807, 2.05) is 6.07 Å². The first kappa shape index (κ1) is 13.6. The SMILES string of the molecule is O=C(Cn1cnc2ccccc2c1=O)N1Cc2cncnc2C1. The van der Waals surface area contributed by atoms with Crippen LogP contribution in [0, 0.1) is 0 Å². The molecular formula is C16H13N5O2. The molecule has 23 heavy (non-hydrogen) atoms. The molecule has 0 spiro atoms.